The zero-order valence-electron chi connectivity index (χ0n) is 17.5. The number of carbonyl (C=O) groups is 1. The molecule has 0 spiro atoms. The average Bonchev–Trinajstić information content (AvgIpc) is 2.66. The van der Waals surface area contributed by atoms with Crippen LogP contribution in [0.4, 0.5) is 0 Å². The Morgan fingerprint density at radius 1 is 0.857 bits per heavy atom. The number of benzene rings is 2. The quantitative estimate of drug-likeness (QED) is 0.542. The Labute approximate surface area is 170 Å². The van der Waals surface area contributed by atoms with Crippen molar-refractivity contribution < 1.29 is 9.22 Å². The van der Waals surface area contributed by atoms with Gasteiger partial charge in [-0.1, -0.05) is 105 Å². The van der Waals surface area contributed by atoms with E-state index in [9.17, 15) is 4.79 Å². The minimum absolute atomic E-state index is 0.128. The van der Waals surface area contributed by atoms with Gasteiger partial charge in [-0.3, -0.25) is 4.79 Å². The standard InChI is InChI=1S/C25H30O2Si/c1-19-13-12-14-20(2)23(19)24(26)27-28(25(3,4)5,21-15-8-6-9-16-21)22-17-10-7-11-18-22/h6-11,13-18,23H,12H2,1-5H3. The van der Waals surface area contributed by atoms with Crippen LogP contribution in [-0.4, -0.2) is 14.3 Å². The van der Waals surface area contributed by atoms with E-state index >= 15 is 0 Å². The van der Waals surface area contributed by atoms with Crippen LogP contribution in [0, 0.1) is 5.92 Å². The molecule has 0 radical (unpaired) electrons. The van der Waals surface area contributed by atoms with Gasteiger partial charge in [0.25, 0.3) is 0 Å². The topological polar surface area (TPSA) is 26.3 Å². The molecule has 0 saturated heterocycles. The van der Waals surface area contributed by atoms with Crippen molar-refractivity contribution in [1.82, 2.24) is 0 Å². The molecule has 2 aromatic carbocycles. The third-order valence-electron chi connectivity index (χ3n) is 5.70. The maximum absolute atomic E-state index is 13.6. The van der Waals surface area contributed by atoms with Gasteiger partial charge in [-0.2, -0.15) is 0 Å². The molecule has 0 N–H and O–H groups in total. The van der Waals surface area contributed by atoms with E-state index in [2.05, 4.69) is 57.2 Å². The smallest absolute Gasteiger partial charge is 0.323 e. The van der Waals surface area contributed by atoms with Crippen LogP contribution >= 0.6 is 0 Å². The lowest BCUT2D eigenvalue weighted by Crippen LogP contribution is -2.67. The van der Waals surface area contributed by atoms with Crippen molar-refractivity contribution in [2.45, 2.75) is 46.1 Å². The summed E-state index contributed by atoms with van der Waals surface area (Å²) in [7, 11) is -2.86. The van der Waals surface area contributed by atoms with Crippen LogP contribution in [0.25, 0.3) is 0 Å². The van der Waals surface area contributed by atoms with Gasteiger partial charge in [-0.05, 0) is 35.7 Å². The van der Waals surface area contributed by atoms with Crippen molar-refractivity contribution in [3.05, 3.63) is 84.0 Å². The molecule has 0 atom stereocenters. The Bertz CT molecular complexity index is 832. The highest BCUT2D eigenvalue weighted by atomic mass is 28.4. The lowest BCUT2D eigenvalue weighted by Gasteiger charge is -2.43. The van der Waals surface area contributed by atoms with E-state index in [-0.39, 0.29) is 16.9 Å². The predicted octanol–water partition coefficient (Wildman–Crippen LogP) is 5.00. The van der Waals surface area contributed by atoms with Gasteiger partial charge in [0.05, 0.1) is 5.92 Å². The highest BCUT2D eigenvalue weighted by Gasteiger charge is 2.53. The molecule has 28 heavy (non-hydrogen) atoms. The van der Waals surface area contributed by atoms with E-state index < -0.39 is 8.32 Å². The Kier molecular flexibility index (Phi) is 5.76. The van der Waals surface area contributed by atoms with E-state index in [0.717, 1.165) is 27.9 Å². The number of allylic oxidation sites excluding steroid dienone is 2. The maximum atomic E-state index is 13.6. The zero-order valence-corrected chi connectivity index (χ0v) is 18.5. The fraction of sp³-hybridized carbons (Fsp3) is 0.320. The van der Waals surface area contributed by atoms with Gasteiger partial charge in [0.15, 0.2) is 0 Å². The minimum atomic E-state index is -2.86. The van der Waals surface area contributed by atoms with Crippen molar-refractivity contribution in [3.63, 3.8) is 0 Å². The number of hydrogen-bond acceptors (Lipinski definition) is 2. The van der Waals surface area contributed by atoms with Crippen LogP contribution in [0.5, 0.6) is 0 Å². The molecule has 1 aliphatic rings. The van der Waals surface area contributed by atoms with E-state index in [1.807, 2.05) is 50.2 Å². The molecule has 3 rings (SSSR count). The third kappa shape index (κ3) is 3.64. The van der Waals surface area contributed by atoms with Gasteiger partial charge < -0.3 is 4.43 Å². The second kappa shape index (κ2) is 7.92. The van der Waals surface area contributed by atoms with Crippen molar-refractivity contribution in [2.75, 3.05) is 0 Å². The summed E-state index contributed by atoms with van der Waals surface area (Å²) in [5, 5.41) is 2.04. The fourth-order valence-electron chi connectivity index (χ4n) is 4.26. The number of carbonyl (C=O) groups excluding carboxylic acids is 1. The second-order valence-electron chi connectivity index (χ2n) is 8.65. The van der Waals surface area contributed by atoms with Gasteiger partial charge in [0, 0.05) is 0 Å². The summed E-state index contributed by atoms with van der Waals surface area (Å²) in [5.41, 5.74) is 2.17. The van der Waals surface area contributed by atoms with Crippen LogP contribution in [0.2, 0.25) is 5.04 Å². The Morgan fingerprint density at radius 2 is 1.29 bits per heavy atom. The lowest BCUT2D eigenvalue weighted by molar-refractivity contribution is -0.137. The van der Waals surface area contributed by atoms with Gasteiger partial charge in [0.1, 0.15) is 0 Å². The van der Waals surface area contributed by atoms with Crippen molar-refractivity contribution >= 4 is 24.7 Å². The predicted molar refractivity (Wildman–Crippen MR) is 119 cm³/mol. The van der Waals surface area contributed by atoms with Gasteiger partial charge in [-0.15, -0.1) is 0 Å². The van der Waals surface area contributed by atoms with E-state index in [4.69, 9.17) is 4.43 Å². The SMILES string of the molecule is CC1=CCC=C(C)C1C(=O)O[Si](c1ccccc1)(c1ccccc1)C(C)(C)C. The van der Waals surface area contributed by atoms with Crippen molar-refractivity contribution in [2.24, 2.45) is 5.92 Å². The summed E-state index contributed by atoms with van der Waals surface area (Å²) in [5.74, 6) is -0.410. The fourth-order valence-corrected chi connectivity index (χ4v) is 8.61. The second-order valence-corrected chi connectivity index (χ2v) is 12.9. The highest BCUT2D eigenvalue weighted by Crippen LogP contribution is 2.38. The van der Waals surface area contributed by atoms with Crippen LogP contribution in [-0.2, 0) is 9.22 Å². The molecule has 0 saturated carbocycles. The molecule has 0 fully saturated rings. The van der Waals surface area contributed by atoms with Gasteiger partial charge in [-0.25, -0.2) is 0 Å². The molecule has 0 aromatic heterocycles. The first kappa shape index (κ1) is 20.3. The Balaban J connectivity index is 2.17. The molecular formula is C25H30O2Si. The Hall–Kier alpha value is -2.39. The molecule has 146 valence electrons. The first-order valence-electron chi connectivity index (χ1n) is 9.94. The molecule has 0 unspecified atom stereocenters. The van der Waals surface area contributed by atoms with Gasteiger partial charge in [0.2, 0.25) is 0 Å². The summed E-state index contributed by atoms with van der Waals surface area (Å²) in [6, 6.07) is 20.6. The molecule has 0 bridgehead atoms. The van der Waals surface area contributed by atoms with Crippen molar-refractivity contribution in [1.29, 1.82) is 0 Å². The zero-order chi connectivity index (χ0) is 20.4. The summed E-state index contributed by atoms with van der Waals surface area (Å²) in [6.07, 6.45) is 5.15. The number of hydrogen-bond donors (Lipinski definition) is 0. The normalized spacial score (nSPS) is 15.6. The molecule has 0 aliphatic heterocycles. The summed E-state index contributed by atoms with van der Waals surface area (Å²) in [6.45, 7) is 10.7. The summed E-state index contributed by atoms with van der Waals surface area (Å²) in [4.78, 5) is 13.6. The third-order valence-corrected chi connectivity index (χ3v) is 10.6. The van der Waals surface area contributed by atoms with Crippen LogP contribution < -0.4 is 10.4 Å². The van der Waals surface area contributed by atoms with E-state index in [0.29, 0.717) is 0 Å². The summed E-state index contributed by atoms with van der Waals surface area (Å²) < 4.78 is 6.67. The first-order valence-corrected chi connectivity index (χ1v) is 11.9. The van der Waals surface area contributed by atoms with Gasteiger partial charge >= 0.3 is 14.3 Å². The summed E-state index contributed by atoms with van der Waals surface area (Å²) >= 11 is 0. The largest absolute Gasteiger partial charge is 0.509 e. The average molecular weight is 391 g/mol. The van der Waals surface area contributed by atoms with Crippen LogP contribution in [0.3, 0.4) is 0 Å². The van der Waals surface area contributed by atoms with E-state index in [1.54, 1.807) is 0 Å². The lowest BCUT2D eigenvalue weighted by atomic mass is 9.88. The molecule has 0 amide bonds. The van der Waals surface area contributed by atoms with Crippen LogP contribution in [0.15, 0.2) is 84.0 Å². The highest BCUT2D eigenvalue weighted by molar-refractivity contribution is 7.00. The molecule has 2 nitrogen and oxygen atoms in total. The Morgan fingerprint density at radius 3 is 1.68 bits per heavy atom. The minimum Gasteiger partial charge on any atom is -0.509 e. The molecular weight excluding hydrogens is 360 g/mol. The maximum Gasteiger partial charge on any atom is 0.323 e. The monoisotopic (exact) mass is 390 g/mol. The van der Waals surface area contributed by atoms with E-state index in [1.165, 1.54) is 0 Å². The molecule has 2 aromatic rings. The number of rotatable bonds is 4. The molecule has 3 heteroatoms. The molecule has 0 heterocycles. The molecule has 1 aliphatic carbocycles. The first-order chi connectivity index (χ1) is 13.3. The van der Waals surface area contributed by atoms with Crippen LogP contribution in [0.1, 0.15) is 41.0 Å². The van der Waals surface area contributed by atoms with Crippen molar-refractivity contribution in [3.8, 4) is 0 Å².